The Morgan fingerprint density at radius 1 is 1.47 bits per heavy atom. The molecule has 0 amide bonds. The van der Waals surface area contributed by atoms with Crippen LogP contribution in [0.2, 0.25) is 0 Å². The van der Waals surface area contributed by atoms with Crippen LogP contribution >= 0.6 is 34.4 Å². The SMILES string of the molecule is CSC(=Nc1cc(F)cc(C(F)(F)F)c1I)NC#N. The molecule has 0 saturated heterocycles. The summed E-state index contributed by atoms with van der Waals surface area (Å²) in [6, 6.07) is 1.30. The monoisotopic (exact) mass is 403 g/mol. The zero-order chi connectivity index (χ0) is 14.6. The van der Waals surface area contributed by atoms with Crippen molar-refractivity contribution in [2.45, 2.75) is 6.18 Å². The molecule has 0 aliphatic rings. The van der Waals surface area contributed by atoms with E-state index in [1.165, 1.54) is 22.6 Å². The van der Waals surface area contributed by atoms with Gasteiger partial charge in [0, 0.05) is 6.07 Å². The highest BCUT2D eigenvalue weighted by atomic mass is 127. The van der Waals surface area contributed by atoms with Gasteiger partial charge >= 0.3 is 6.18 Å². The van der Waals surface area contributed by atoms with E-state index in [0.29, 0.717) is 6.07 Å². The topological polar surface area (TPSA) is 48.2 Å². The minimum absolute atomic E-state index is 0.0825. The number of halogens is 5. The van der Waals surface area contributed by atoms with Crippen LogP contribution in [0, 0.1) is 20.8 Å². The average Bonchev–Trinajstić information content (AvgIpc) is 2.31. The fourth-order valence-electron chi connectivity index (χ4n) is 1.14. The first-order chi connectivity index (χ1) is 8.79. The number of thioether (sulfide) groups is 1. The summed E-state index contributed by atoms with van der Waals surface area (Å²) in [4.78, 5) is 3.80. The smallest absolute Gasteiger partial charge is 0.271 e. The van der Waals surface area contributed by atoms with Gasteiger partial charge in [0.25, 0.3) is 0 Å². The lowest BCUT2D eigenvalue weighted by atomic mass is 10.2. The number of nitrogens with zero attached hydrogens (tertiary/aromatic N) is 2. The molecule has 0 aromatic heterocycles. The van der Waals surface area contributed by atoms with Crippen molar-refractivity contribution >= 4 is 45.2 Å². The lowest BCUT2D eigenvalue weighted by molar-refractivity contribution is -0.138. The molecule has 9 heteroatoms. The predicted octanol–water partition coefficient (Wildman–Crippen LogP) is 3.87. The van der Waals surface area contributed by atoms with Crippen molar-refractivity contribution in [3.63, 3.8) is 0 Å². The van der Waals surface area contributed by atoms with Crippen molar-refractivity contribution in [3.8, 4) is 6.19 Å². The Morgan fingerprint density at radius 2 is 2.11 bits per heavy atom. The van der Waals surface area contributed by atoms with E-state index < -0.39 is 17.6 Å². The van der Waals surface area contributed by atoms with E-state index in [1.54, 1.807) is 12.4 Å². The van der Waals surface area contributed by atoms with E-state index >= 15 is 0 Å². The molecule has 1 N–H and O–H groups in total. The number of nitrogens with one attached hydrogen (secondary N) is 1. The quantitative estimate of drug-likeness (QED) is 0.194. The summed E-state index contributed by atoms with van der Waals surface area (Å²) in [6.07, 6.45) is -1.48. The van der Waals surface area contributed by atoms with Gasteiger partial charge in [-0.05, 0) is 34.9 Å². The normalized spacial score (nSPS) is 12.2. The van der Waals surface area contributed by atoms with Crippen molar-refractivity contribution < 1.29 is 17.6 Å². The number of amidine groups is 1. The van der Waals surface area contributed by atoms with Crippen LogP contribution in [-0.4, -0.2) is 11.4 Å². The third kappa shape index (κ3) is 4.24. The summed E-state index contributed by atoms with van der Waals surface area (Å²) >= 11 is 2.47. The Balaban J connectivity index is 3.38. The molecule has 19 heavy (non-hydrogen) atoms. The van der Waals surface area contributed by atoms with Gasteiger partial charge in [-0.3, -0.25) is 5.32 Å². The molecular formula is C10H6F4IN3S. The van der Waals surface area contributed by atoms with Crippen LogP contribution in [0.5, 0.6) is 0 Å². The fourth-order valence-corrected chi connectivity index (χ4v) is 2.22. The number of aliphatic imine (C=N–C) groups is 1. The van der Waals surface area contributed by atoms with Gasteiger partial charge in [-0.1, -0.05) is 11.8 Å². The van der Waals surface area contributed by atoms with Crippen molar-refractivity contribution in [2.75, 3.05) is 6.26 Å². The third-order valence-corrected chi connectivity index (χ3v) is 3.62. The standard InChI is InChI=1S/C10H6F4IN3S/c1-19-9(17-4-16)18-7-3-5(11)2-6(8(7)15)10(12,13)14/h2-3H,1H3,(H,17,18). The Hall–Kier alpha value is -1.02. The van der Waals surface area contributed by atoms with Crippen LogP contribution in [0.25, 0.3) is 0 Å². The molecule has 0 bridgehead atoms. The Labute approximate surface area is 124 Å². The van der Waals surface area contributed by atoms with Gasteiger partial charge in [0.15, 0.2) is 11.4 Å². The first-order valence-corrected chi connectivity index (χ1v) is 6.94. The molecule has 3 nitrogen and oxygen atoms in total. The van der Waals surface area contributed by atoms with Gasteiger partial charge in [0.2, 0.25) is 0 Å². The molecular weight excluding hydrogens is 397 g/mol. The number of nitriles is 1. The maximum Gasteiger partial charge on any atom is 0.417 e. The van der Waals surface area contributed by atoms with Crippen LogP contribution in [0.3, 0.4) is 0 Å². The molecule has 0 heterocycles. The van der Waals surface area contributed by atoms with E-state index in [4.69, 9.17) is 5.26 Å². The summed E-state index contributed by atoms with van der Waals surface area (Å²) in [5.74, 6) is -1.04. The molecule has 0 fully saturated rings. The van der Waals surface area contributed by atoms with Crippen LogP contribution < -0.4 is 5.32 Å². The molecule has 0 unspecified atom stereocenters. The predicted molar refractivity (Wildman–Crippen MR) is 73.5 cm³/mol. The second-order valence-electron chi connectivity index (χ2n) is 3.14. The molecule has 0 spiro atoms. The van der Waals surface area contributed by atoms with Gasteiger partial charge < -0.3 is 0 Å². The first-order valence-electron chi connectivity index (χ1n) is 4.63. The summed E-state index contributed by atoms with van der Waals surface area (Å²) in [6.45, 7) is 0. The fraction of sp³-hybridized carbons (Fsp3) is 0.200. The van der Waals surface area contributed by atoms with E-state index in [0.717, 1.165) is 17.8 Å². The molecule has 1 aromatic carbocycles. The van der Waals surface area contributed by atoms with E-state index in [1.807, 2.05) is 0 Å². The Morgan fingerprint density at radius 3 is 2.58 bits per heavy atom. The van der Waals surface area contributed by atoms with E-state index in [2.05, 4.69) is 10.3 Å². The highest BCUT2D eigenvalue weighted by Gasteiger charge is 2.34. The molecule has 102 valence electrons. The number of benzene rings is 1. The van der Waals surface area contributed by atoms with Crippen molar-refractivity contribution in [1.29, 1.82) is 5.26 Å². The lowest BCUT2D eigenvalue weighted by Crippen LogP contribution is -2.13. The molecule has 0 aliphatic heterocycles. The highest BCUT2D eigenvalue weighted by molar-refractivity contribution is 14.1. The van der Waals surface area contributed by atoms with Crippen LogP contribution in [-0.2, 0) is 6.18 Å². The molecule has 0 aliphatic carbocycles. The van der Waals surface area contributed by atoms with Gasteiger partial charge in [-0.15, -0.1) is 0 Å². The number of hydrogen-bond acceptors (Lipinski definition) is 3. The third-order valence-electron chi connectivity index (χ3n) is 1.90. The summed E-state index contributed by atoms with van der Waals surface area (Å²) in [5.41, 5.74) is -1.27. The highest BCUT2D eigenvalue weighted by Crippen LogP contribution is 2.37. The zero-order valence-electron chi connectivity index (χ0n) is 9.35. The van der Waals surface area contributed by atoms with Crippen LogP contribution in [0.1, 0.15) is 5.56 Å². The lowest BCUT2D eigenvalue weighted by Gasteiger charge is -2.11. The molecule has 1 aromatic rings. The van der Waals surface area contributed by atoms with Crippen molar-refractivity contribution in [2.24, 2.45) is 4.99 Å². The largest absolute Gasteiger partial charge is 0.417 e. The van der Waals surface area contributed by atoms with E-state index in [-0.39, 0.29) is 14.4 Å². The molecule has 1 rings (SSSR count). The molecule has 0 saturated carbocycles. The van der Waals surface area contributed by atoms with Crippen molar-refractivity contribution in [3.05, 3.63) is 27.1 Å². The van der Waals surface area contributed by atoms with Crippen LogP contribution in [0.4, 0.5) is 23.2 Å². The average molecular weight is 403 g/mol. The molecule has 0 atom stereocenters. The minimum atomic E-state index is -4.66. The van der Waals surface area contributed by atoms with E-state index in [9.17, 15) is 17.6 Å². The summed E-state index contributed by atoms with van der Waals surface area (Å²) < 4.78 is 51.0. The minimum Gasteiger partial charge on any atom is -0.271 e. The first kappa shape index (κ1) is 16.0. The maximum absolute atomic E-state index is 13.2. The van der Waals surface area contributed by atoms with Gasteiger partial charge in [-0.25, -0.2) is 9.38 Å². The van der Waals surface area contributed by atoms with Gasteiger partial charge in [-0.2, -0.15) is 18.4 Å². The van der Waals surface area contributed by atoms with Gasteiger partial charge in [0.1, 0.15) is 5.82 Å². The second-order valence-corrected chi connectivity index (χ2v) is 5.02. The van der Waals surface area contributed by atoms with Crippen LogP contribution in [0.15, 0.2) is 17.1 Å². The van der Waals surface area contributed by atoms with Crippen molar-refractivity contribution in [1.82, 2.24) is 5.32 Å². The van der Waals surface area contributed by atoms with Gasteiger partial charge in [0.05, 0.1) is 14.8 Å². The molecule has 0 radical (unpaired) electrons. The summed E-state index contributed by atoms with van der Waals surface area (Å²) in [7, 11) is 0. The summed E-state index contributed by atoms with van der Waals surface area (Å²) in [5, 5.41) is 10.7. The second kappa shape index (κ2) is 6.42. The zero-order valence-corrected chi connectivity index (χ0v) is 12.3. The number of rotatable bonds is 1. The number of alkyl halides is 3. The Bertz CT molecular complexity index is 551. The Kier molecular flexibility index (Phi) is 5.42. The maximum atomic E-state index is 13.2. The number of hydrogen-bond donors (Lipinski definition) is 1.